The van der Waals surface area contributed by atoms with Gasteiger partial charge in [0.2, 0.25) is 0 Å². The first-order valence-electron chi connectivity index (χ1n) is 13.7. The standard InChI is InChI=1S/C33H35F2N3O/c1-5-6-11-23-17-28(27-14-8-7-10-20(27)2)21(3)29(18-23)31-36-22(4)30(38-31)32(39)37-26-13-9-12-25(19-26)33(34,35)24-15-16-24/h7-10,12-14,17-19,24H,5-6,11,15-16H2,1-4H3,(H,36,38)(H,37,39). The fraction of sp³-hybridized carbons (Fsp3) is 0.333. The van der Waals surface area contributed by atoms with Crippen LogP contribution in [0.4, 0.5) is 14.5 Å². The maximum absolute atomic E-state index is 14.6. The van der Waals surface area contributed by atoms with Crippen molar-refractivity contribution in [2.75, 3.05) is 5.32 Å². The Balaban J connectivity index is 1.48. The van der Waals surface area contributed by atoms with Crippen molar-refractivity contribution in [3.63, 3.8) is 0 Å². The zero-order valence-corrected chi connectivity index (χ0v) is 23.0. The van der Waals surface area contributed by atoms with Crippen LogP contribution >= 0.6 is 0 Å². The lowest BCUT2D eigenvalue weighted by Crippen LogP contribution is -2.18. The Morgan fingerprint density at radius 2 is 1.74 bits per heavy atom. The first-order chi connectivity index (χ1) is 18.7. The number of unbranched alkanes of at least 4 members (excludes halogenated alkanes) is 1. The predicted octanol–water partition coefficient (Wildman–Crippen LogP) is 8.77. The van der Waals surface area contributed by atoms with Gasteiger partial charge in [0.1, 0.15) is 11.5 Å². The van der Waals surface area contributed by atoms with Crippen molar-refractivity contribution in [2.45, 2.75) is 65.7 Å². The largest absolute Gasteiger partial charge is 0.341 e. The molecule has 5 rings (SSSR count). The highest BCUT2D eigenvalue weighted by atomic mass is 19.3. The van der Waals surface area contributed by atoms with Crippen LogP contribution < -0.4 is 5.32 Å². The second-order valence-corrected chi connectivity index (χ2v) is 10.7. The van der Waals surface area contributed by atoms with Crippen molar-refractivity contribution >= 4 is 11.6 Å². The molecule has 4 nitrogen and oxygen atoms in total. The number of H-pyrrole nitrogens is 1. The molecule has 6 heteroatoms. The topological polar surface area (TPSA) is 57.8 Å². The number of rotatable bonds is 9. The van der Waals surface area contributed by atoms with Crippen LogP contribution in [0, 0.1) is 26.7 Å². The number of anilines is 1. The molecular weight excluding hydrogens is 492 g/mol. The van der Waals surface area contributed by atoms with E-state index in [1.54, 1.807) is 12.1 Å². The molecule has 39 heavy (non-hydrogen) atoms. The van der Waals surface area contributed by atoms with Gasteiger partial charge in [-0.2, -0.15) is 0 Å². The van der Waals surface area contributed by atoms with E-state index in [2.05, 4.69) is 61.4 Å². The van der Waals surface area contributed by atoms with Crippen LogP contribution in [-0.4, -0.2) is 15.9 Å². The van der Waals surface area contributed by atoms with Gasteiger partial charge in [-0.15, -0.1) is 0 Å². The Hall–Kier alpha value is -3.80. The van der Waals surface area contributed by atoms with Gasteiger partial charge in [-0.1, -0.05) is 55.8 Å². The van der Waals surface area contributed by atoms with E-state index in [1.165, 1.54) is 28.8 Å². The quantitative estimate of drug-likeness (QED) is 0.229. The molecule has 1 heterocycles. The average Bonchev–Trinajstić information content (AvgIpc) is 3.71. The monoisotopic (exact) mass is 527 g/mol. The maximum atomic E-state index is 14.6. The van der Waals surface area contributed by atoms with Crippen LogP contribution in [-0.2, 0) is 12.3 Å². The number of aromatic amines is 1. The number of nitrogens with zero attached hydrogens (tertiary/aromatic N) is 1. The summed E-state index contributed by atoms with van der Waals surface area (Å²) in [6.07, 6.45) is 4.20. The number of halogens is 2. The molecule has 0 bridgehead atoms. The van der Waals surface area contributed by atoms with Crippen molar-refractivity contribution < 1.29 is 13.6 Å². The van der Waals surface area contributed by atoms with Gasteiger partial charge in [-0.25, -0.2) is 13.8 Å². The minimum Gasteiger partial charge on any atom is -0.341 e. The van der Waals surface area contributed by atoms with Crippen LogP contribution in [0.5, 0.6) is 0 Å². The number of nitrogens with one attached hydrogen (secondary N) is 2. The number of aryl methyl sites for hydroxylation is 3. The molecule has 1 amide bonds. The zero-order valence-electron chi connectivity index (χ0n) is 23.0. The molecule has 0 spiro atoms. The number of alkyl halides is 2. The van der Waals surface area contributed by atoms with Gasteiger partial charge in [0.05, 0.1) is 0 Å². The molecule has 0 aliphatic heterocycles. The number of hydrogen-bond acceptors (Lipinski definition) is 2. The SMILES string of the molecule is CCCCc1cc(-c2nc(C(=O)Nc3cccc(C(F)(F)C4CC4)c3)c(C)[nH]2)c(C)c(-c2ccccc2C)c1. The summed E-state index contributed by atoms with van der Waals surface area (Å²) in [7, 11) is 0. The molecule has 1 aliphatic rings. The molecule has 1 aromatic heterocycles. The fourth-order valence-corrected chi connectivity index (χ4v) is 5.19. The molecule has 0 radical (unpaired) electrons. The molecule has 1 saturated carbocycles. The molecule has 0 unspecified atom stereocenters. The number of carbonyl (C=O) groups excluding carboxylic acids is 1. The third kappa shape index (κ3) is 5.51. The molecule has 1 fully saturated rings. The number of hydrogen-bond donors (Lipinski definition) is 2. The predicted molar refractivity (Wildman–Crippen MR) is 153 cm³/mol. The third-order valence-electron chi connectivity index (χ3n) is 7.67. The van der Waals surface area contributed by atoms with Gasteiger partial charge in [0, 0.05) is 28.4 Å². The molecule has 3 aromatic carbocycles. The summed E-state index contributed by atoms with van der Waals surface area (Å²) >= 11 is 0. The summed E-state index contributed by atoms with van der Waals surface area (Å²) in [5.41, 5.74) is 7.94. The Bertz CT molecular complexity index is 1520. The third-order valence-corrected chi connectivity index (χ3v) is 7.67. The second kappa shape index (κ2) is 10.8. The van der Waals surface area contributed by atoms with Crippen molar-refractivity contribution in [3.05, 3.63) is 94.3 Å². The minimum atomic E-state index is -2.88. The summed E-state index contributed by atoms with van der Waals surface area (Å²) in [6, 6.07) is 18.8. The summed E-state index contributed by atoms with van der Waals surface area (Å²) in [4.78, 5) is 21.3. The van der Waals surface area contributed by atoms with Crippen molar-refractivity contribution in [2.24, 2.45) is 5.92 Å². The van der Waals surface area contributed by atoms with E-state index >= 15 is 0 Å². The van der Waals surface area contributed by atoms with E-state index in [1.807, 2.05) is 13.0 Å². The highest BCUT2D eigenvalue weighted by molar-refractivity contribution is 6.04. The van der Waals surface area contributed by atoms with Crippen molar-refractivity contribution in [3.8, 4) is 22.5 Å². The van der Waals surface area contributed by atoms with Gasteiger partial charge in [-0.3, -0.25) is 4.79 Å². The molecular formula is C33H35F2N3O. The van der Waals surface area contributed by atoms with Crippen molar-refractivity contribution in [1.82, 2.24) is 9.97 Å². The molecule has 4 aromatic rings. The average molecular weight is 528 g/mol. The molecule has 1 aliphatic carbocycles. The van der Waals surface area contributed by atoms with Crippen LogP contribution in [0.15, 0.2) is 60.7 Å². The Kier molecular flexibility index (Phi) is 7.39. The lowest BCUT2D eigenvalue weighted by atomic mass is 9.90. The van der Waals surface area contributed by atoms with Crippen molar-refractivity contribution in [1.29, 1.82) is 0 Å². The number of aromatic nitrogens is 2. The highest BCUT2D eigenvalue weighted by Gasteiger charge is 2.47. The normalized spacial score (nSPS) is 13.5. The van der Waals surface area contributed by atoms with Gasteiger partial charge < -0.3 is 10.3 Å². The Labute approximate surface area is 228 Å². The van der Waals surface area contributed by atoms with E-state index in [0.29, 0.717) is 30.0 Å². The van der Waals surface area contributed by atoms with E-state index in [-0.39, 0.29) is 11.3 Å². The molecule has 2 N–H and O–H groups in total. The minimum absolute atomic E-state index is 0.0644. The van der Waals surface area contributed by atoms with Gasteiger partial charge in [0.25, 0.3) is 11.8 Å². The number of imidazole rings is 1. The van der Waals surface area contributed by atoms with E-state index in [0.717, 1.165) is 36.0 Å². The molecule has 0 atom stereocenters. The van der Waals surface area contributed by atoms with E-state index in [9.17, 15) is 13.6 Å². The number of carbonyl (C=O) groups is 1. The lowest BCUT2D eigenvalue weighted by Gasteiger charge is -2.17. The van der Waals surface area contributed by atoms with Crippen LogP contribution in [0.1, 0.15) is 71.0 Å². The second-order valence-electron chi connectivity index (χ2n) is 10.7. The molecule has 202 valence electrons. The maximum Gasteiger partial charge on any atom is 0.276 e. The van der Waals surface area contributed by atoms with Crippen LogP contribution in [0.25, 0.3) is 22.5 Å². The van der Waals surface area contributed by atoms with Crippen LogP contribution in [0.2, 0.25) is 0 Å². The summed E-state index contributed by atoms with van der Waals surface area (Å²) in [5.74, 6) is -3.30. The van der Waals surface area contributed by atoms with Gasteiger partial charge in [-0.05, 0) is 92.5 Å². The Morgan fingerprint density at radius 1 is 1.00 bits per heavy atom. The lowest BCUT2D eigenvalue weighted by molar-refractivity contribution is -0.0285. The summed E-state index contributed by atoms with van der Waals surface area (Å²) in [6.45, 7) is 8.19. The van der Waals surface area contributed by atoms with E-state index in [4.69, 9.17) is 4.98 Å². The fourth-order valence-electron chi connectivity index (χ4n) is 5.19. The highest BCUT2D eigenvalue weighted by Crippen LogP contribution is 2.50. The first kappa shape index (κ1) is 26.8. The van der Waals surface area contributed by atoms with Gasteiger partial charge >= 0.3 is 0 Å². The smallest absolute Gasteiger partial charge is 0.276 e. The molecule has 0 saturated heterocycles. The first-order valence-corrected chi connectivity index (χ1v) is 13.7. The van der Waals surface area contributed by atoms with Crippen LogP contribution in [0.3, 0.4) is 0 Å². The summed E-state index contributed by atoms with van der Waals surface area (Å²) in [5, 5.41) is 2.78. The van der Waals surface area contributed by atoms with E-state index < -0.39 is 17.7 Å². The van der Waals surface area contributed by atoms with Gasteiger partial charge in [0.15, 0.2) is 0 Å². The Morgan fingerprint density at radius 3 is 2.46 bits per heavy atom. The zero-order chi connectivity index (χ0) is 27.7. The number of amides is 1. The summed E-state index contributed by atoms with van der Waals surface area (Å²) < 4.78 is 29.3. The number of benzene rings is 3.